The van der Waals surface area contributed by atoms with Crippen molar-refractivity contribution in [2.45, 2.75) is 83.8 Å². The van der Waals surface area contributed by atoms with Crippen LogP contribution in [0.25, 0.3) is 0 Å². The fourth-order valence-electron chi connectivity index (χ4n) is 7.51. The van der Waals surface area contributed by atoms with Gasteiger partial charge in [-0.15, -0.1) is 0 Å². The van der Waals surface area contributed by atoms with Crippen LogP contribution < -0.4 is 0 Å². The molecule has 0 aromatic carbocycles. The molecule has 1 aliphatic heterocycles. The Labute approximate surface area is 123 Å². The summed E-state index contributed by atoms with van der Waals surface area (Å²) in [7, 11) is 0. The molecule has 0 aromatic rings. The summed E-state index contributed by atoms with van der Waals surface area (Å²) >= 11 is 0. The molecule has 4 aliphatic carbocycles. The second kappa shape index (κ2) is 3.83. The Hall–Kier alpha value is -0.0400. The van der Waals surface area contributed by atoms with Crippen LogP contribution in [-0.4, -0.2) is 12.2 Å². The van der Waals surface area contributed by atoms with Gasteiger partial charge in [-0.05, 0) is 85.9 Å². The summed E-state index contributed by atoms with van der Waals surface area (Å²) in [5, 5.41) is 0. The maximum absolute atomic E-state index is 5.92. The predicted octanol–water partition coefficient (Wildman–Crippen LogP) is 4.80. The Bertz CT molecular complexity index is 431. The smallest absolute Gasteiger partial charge is 0.0847 e. The molecule has 2 unspecified atom stereocenters. The van der Waals surface area contributed by atoms with Crippen LogP contribution in [0.2, 0.25) is 0 Å². The standard InChI is InChI=1S/C19H30O/c1-18-8-3-4-14(18)13-6-5-12-10-16-17(20-16)11-19(12,2)15(13)7-9-18/h12-17H,3-11H2,1-2H3/t12-,13+,14+,15+,16?,17?,18+,19+/m1/s1. The summed E-state index contributed by atoms with van der Waals surface area (Å²) in [5.41, 5.74) is 1.35. The molecule has 5 fully saturated rings. The minimum atomic E-state index is 0.629. The van der Waals surface area contributed by atoms with E-state index in [-0.39, 0.29) is 0 Å². The summed E-state index contributed by atoms with van der Waals surface area (Å²) in [4.78, 5) is 0. The van der Waals surface area contributed by atoms with E-state index in [2.05, 4.69) is 13.8 Å². The molecular formula is C19H30O. The molecule has 0 spiro atoms. The summed E-state index contributed by atoms with van der Waals surface area (Å²) in [6, 6.07) is 0. The van der Waals surface area contributed by atoms with Crippen molar-refractivity contribution in [3.05, 3.63) is 0 Å². The van der Waals surface area contributed by atoms with E-state index in [1.807, 2.05) is 0 Å². The van der Waals surface area contributed by atoms with Gasteiger partial charge in [0.15, 0.2) is 0 Å². The van der Waals surface area contributed by atoms with Gasteiger partial charge in [-0.25, -0.2) is 0 Å². The minimum Gasteiger partial charge on any atom is -0.370 e. The molecule has 0 aromatic heterocycles. The van der Waals surface area contributed by atoms with Gasteiger partial charge in [0.05, 0.1) is 12.2 Å². The van der Waals surface area contributed by atoms with Crippen LogP contribution in [0.4, 0.5) is 0 Å². The Kier molecular flexibility index (Phi) is 2.39. The lowest BCUT2D eigenvalue weighted by Gasteiger charge is -2.59. The van der Waals surface area contributed by atoms with E-state index in [1.165, 1.54) is 44.9 Å². The number of fused-ring (bicyclic) bond motifs is 6. The molecule has 1 nitrogen and oxygen atoms in total. The molecule has 8 atom stereocenters. The van der Waals surface area contributed by atoms with Gasteiger partial charge >= 0.3 is 0 Å². The molecule has 20 heavy (non-hydrogen) atoms. The largest absolute Gasteiger partial charge is 0.370 e. The van der Waals surface area contributed by atoms with Crippen LogP contribution in [0.1, 0.15) is 71.6 Å². The topological polar surface area (TPSA) is 12.5 Å². The van der Waals surface area contributed by atoms with Crippen molar-refractivity contribution in [2.75, 3.05) is 0 Å². The predicted molar refractivity (Wildman–Crippen MR) is 80.4 cm³/mol. The molecular weight excluding hydrogens is 244 g/mol. The molecule has 1 heteroatoms. The lowest BCUT2D eigenvalue weighted by Crippen LogP contribution is -2.52. The van der Waals surface area contributed by atoms with Crippen LogP contribution >= 0.6 is 0 Å². The van der Waals surface area contributed by atoms with Gasteiger partial charge < -0.3 is 4.74 Å². The van der Waals surface area contributed by atoms with E-state index in [0.29, 0.717) is 17.6 Å². The zero-order chi connectivity index (χ0) is 13.5. The van der Waals surface area contributed by atoms with Gasteiger partial charge in [0, 0.05) is 0 Å². The van der Waals surface area contributed by atoms with Gasteiger partial charge in [-0.1, -0.05) is 20.3 Å². The SMILES string of the molecule is C[C@@]12CCC[C@H]1[C@@H]1CC[C@@H]3CC4OC4C[C@]3(C)[C@H]1CC2. The molecule has 4 saturated carbocycles. The van der Waals surface area contributed by atoms with Gasteiger partial charge in [0.2, 0.25) is 0 Å². The number of epoxide rings is 1. The highest BCUT2D eigenvalue weighted by atomic mass is 16.6. The number of rotatable bonds is 0. The minimum absolute atomic E-state index is 0.629. The van der Waals surface area contributed by atoms with Crippen molar-refractivity contribution >= 4 is 0 Å². The average Bonchev–Trinajstić information content (AvgIpc) is 3.03. The molecule has 5 aliphatic rings. The van der Waals surface area contributed by atoms with Crippen LogP contribution in [-0.2, 0) is 4.74 Å². The molecule has 0 bridgehead atoms. The Morgan fingerprint density at radius 1 is 0.900 bits per heavy atom. The highest BCUT2D eigenvalue weighted by Crippen LogP contribution is 2.67. The Balaban J connectivity index is 1.48. The van der Waals surface area contributed by atoms with E-state index in [9.17, 15) is 0 Å². The van der Waals surface area contributed by atoms with E-state index in [4.69, 9.17) is 4.74 Å². The van der Waals surface area contributed by atoms with Crippen LogP contribution in [0, 0.1) is 34.5 Å². The second-order valence-corrected chi connectivity index (χ2v) is 9.39. The van der Waals surface area contributed by atoms with Gasteiger partial charge in [-0.2, -0.15) is 0 Å². The summed E-state index contributed by atoms with van der Waals surface area (Å²) in [5.74, 6) is 4.14. The summed E-state index contributed by atoms with van der Waals surface area (Å²) in [6.07, 6.45) is 14.8. The zero-order valence-electron chi connectivity index (χ0n) is 13.2. The lowest BCUT2D eigenvalue weighted by molar-refractivity contribution is -0.0981. The third kappa shape index (κ3) is 1.49. The normalized spacial score (nSPS) is 63.9. The first-order valence-electron chi connectivity index (χ1n) is 9.26. The van der Waals surface area contributed by atoms with Crippen molar-refractivity contribution < 1.29 is 4.74 Å². The molecule has 5 rings (SSSR count). The highest BCUT2D eigenvalue weighted by molar-refractivity contribution is 5.11. The van der Waals surface area contributed by atoms with Crippen molar-refractivity contribution in [3.8, 4) is 0 Å². The molecule has 1 heterocycles. The van der Waals surface area contributed by atoms with Crippen molar-refractivity contribution in [2.24, 2.45) is 34.5 Å². The number of hydrogen-bond donors (Lipinski definition) is 0. The van der Waals surface area contributed by atoms with E-state index in [1.54, 1.807) is 12.8 Å². The van der Waals surface area contributed by atoms with E-state index < -0.39 is 0 Å². The molecule has 0 N–H and O–H groups in total. The first-order chi connectivity index (χ1) is 9.60. The first-order valence-corrected chi connectivity index (χ1v) is 9.26. The third-order valence-corrected chi connectivity index (χ3v) is 8.69. The van der Waals surface area contributed by atoms with Crippen LogP contribution in [0.3, 0.4) is 0 Å². The van der Waals surface area contributed by atoms with E-state index >= 15 is 0 Å². The quantitative estimate of drug-likeness (QED) is 0.578. The Morgan fingerprint density at radius 3 is 2.70 bits per heavy atom. The van der Waals surface area contributed by atoms with Crippen LogP contribution in [0.5, 0.6) is 0 Å². The van der Waals surface area contributed by atoms with Crippen molar-refractivity contribution in [3.63, 3.8) is 0 Å². The van der Waals surface area contributed by atoms with Gasteiger partial charge in [0.1, 0.15) is 0 Å². The first kappa shape index (κ1) is 12.5. The fraction of sp³-hybridized carbons (Fsp3) is 1.00. The van der Waals surface area contributed by atoms with Crippen molar-refractivity contribution in [1.82, 2.24) is 0 Å². The zero-order valence-corrected chi connectivity index (χ0v) is 13.2. The monoisotopic (exact) mass is 274 g/mol. The second-order valence-electron chi connectivity index (χ2n) is 9.39. The number of ether oxygens (including phenoxy) is 1. The maximum atomic E-state index is 5.92. The maximum Gasteiger partial charge on any atom is 0.0847 e. The molecule has 0 amide bonds. The highest BCUT2D eigenvalue weighted by Gasteiger charge is 2.62. The van der Waals surface area contributed by atoms with Crippen LogP contribution in [0.15, 0.2) is 0 Å². The Morgan fingerprint density at radius 2 is 1.80 bits per heavy atom. The third-order valence-electron chi connectivity index (χ3n) is 8.69. The molecule has 0 radical (unpaired) electrons. The average molecular weight is 274 g/mol. The van der Waals surface area contributed by atoms with Gasteiger partial charge in [-0.3, -0.25) is 0 Å². The molecule has 112 valence electrons. The van der Waals surface area contributed by atoms with Gasteiger partial charge in [0.25, 0.3) is 0 Å². The summed E-state index contributed by atoms with van der Waals surface area (Å²) < 4.78 is 5.92. The lowest BCUT2D eigenvalue weighted by atomic mass is 9.45. The fourth-order valence-corrected chi connectivity index (χ4v) is 7.51. The number of hydrogen-bond acceptors (Lipinski definition) is 1. The molecule has 1 saturated heterocycles. The summed E-state index contributed by atoms with van der Waals surface area (Å²) in [6.45, 7) is 5.28. The van der Waals surface area contributed by atoms with Crippen molar-refractivity contribution in [1.29, 1.82) is 0 Å². The van der Waals surface area contributed by atoms with E-state index in [0.717, 1.165) is 29.1 Å².